The van der Waals surface area contributed by atoms with E-state index in [-0.39, 0.29) is 0 Å². The molecule has 0 aliphatic heterocycles. The van der Waals surface area contributed by atoms with E-state index in [1.807, 2.05) is 0 Å². The van der Waals surface area contributed by atoms with Crippen LogP contribution >= 0.6 is 80.0 Å². The standard InChI is InChI=1S/Ir.8S. The Hall–Kier alpha value is 2.41. The predicted molar refractivity (Wildman–Crippen MR) is 60.7 cm³/mol. The van der Waals surface area contributed by atoms with Gasteiger partial charge in [-0.2, -0.15) is 0 Å². The van der Waals surface area contributed by atoms with Crippen molar-refractivity contribution in [3.05, 3.63) is 0 Å². The molecule has 0 atom stereocenters. The van der Waals surface area contributed by atoms with Gasteiger partial charge in [0.2, 0.25) is 0 Å². The van der Waals surface area contributed by atoms with Crippen LogP contribution in [0.25, 0.3) is 0 Å². The Morgan fingerprint density at radius 1 is 0.444 bits per heavy atom. The van der Waals surface area contributed by atoms with E-state index in [0.29, 0.717) is 0 Å². The van der Waals surface area contributed by atoms with E-state index in [2.05, 4.69) is 80.0 Å². The van der Waals surface area contributed by atoms with Crippen molar-refractivity contribution in [2.24, 2.45) is 0 Å². The van der Waals surface area contributed by atoms with Crippen LogP contribution in [0.15, 0.2) is 0 Å². The summed E-state index contributed by atoms with van der Waals surface area (Å²) < 4.78 is -6.58. The van der Waals surface area contributed by atoms with E-state index in [0.717, 1.165) is 0 Å². The Balaban J connectivity index is 11.7. The van der Waals surface area contributed by atoms with Gasteiger partial charge in [-0.1, -0.05) is 0 Å². The number of hydrogen-bond acceptors (Lipinski definition) is 8. The van der Waals surface area contributed by atoms with Crippen molar-refractivity contribution >= 4 is 80.0 Å². The van der Waals surface area contributed by atoms with Crippen LogP contribution in [0.2, 0.25) is 0 Å². The maximum atomic E-state index is 4.52. The van der Waals surface area contributed by atoms with Gasteiger partial charge in [0.15, 0.2) is 0 Å². The molecule has 0 rings (SSSR count). The molecule has 0 N–H and O–H groups in total. The molecule has 0 radical (unpaired) electrons. The van der Waals surface area contributed by atoms with Gasteiger partial charge >= 0.3 is 76.2 Å². The minimum atomic E-state index is -6.58. The molecule has 0 heterocycles. The molecule has 0 saturated carbocycles. The van der Waals surface area contributed by atoms with Gasteiger partial charge in [0.25, 0.3) is 0 Å². The first-order valence-electron chi connectivity index (χ1n) is 1.09. The molecule has 0 amide bonds. The van der Waals surface area contributed by atoms with E-state index >= 15 is 0 Å². The predicted octanol–water partition coefficient (Wildman–Crippen LogP) is 5.18. The zero-order valence-electron chi connectivity index (χ0n) is 3.60. The molecule has 0 aromatic carbocycles. The van der Waals surface area contributed by atoms with Crippen molar-refractivity contribution in [1.29, 1.82) is 0 Å². The average Bonchev–Trinajstić information content (AvgIpc) is 0.503. The second-order valence-electron chi connectivity index (χ2n) is 1.56. The quantitative estimate of drug-likeness (QED) is 0.491. The molecule has 0 spiro atoms. The average molecular weight is 449 g/mol. The molecular formula is IrS8. The van der Waals surface area contributed by atoms with E-state index in [1.54, 1.807) is 0 Å². The molecule has 0 aliphatic carbocycles. The van der Waals surface area contributed by atoms with Crippen LogP contribution in [-0.2, 0) is -3.74 Å². The molecule has 0 fully saturated rings. The van der Waals surface area contributed by atoms with Crippen molar-refractivity contribution in [3.63, 3.8) is 0 Å². The van der Waals surface area contributed by atoms with Gasteiger partial charge in [-0.25, -0.2) is 0 Å². The summed E-state index contributed by atoms with van der Waals surface area (Å²) in [5, 5.41) is 0. The minimum absolute atomic E-state index is 4.52. The molecule has 0 aromatic heterocycles. The molecule has 0 aromatic rings. The SMILES string of the molecule is [S]=[Ir](=[S])(=[S])(=[S])(=[S])(=[S])(=[S])=[S]. The third-order valence-corrected chi connectivity index (χ3v) is 0. The zero-order valence-corrected chi connectivity index (χ0v) is 12.5. The van der Waals surface area contributed by atoms with E-state index in [1.165, 1.54) is 0 Å². The molecule has 0 unspecified atom stereocenters. The Morgan fingerprint density at radius 2 is 0.444 bits per heavy atom. The van der Waals surface area contributed by atoms with Crippen LogP contribution in [0.1, 0.15) is 0 Å². The molecule has 9 heteroatoms. The second kappa shape index (κ2) is 0.997. The second-order valence-corrected chi connectivity index (χ2v) is 115. The van der Waals surface area contributed by atoms with Gasteiger partial charge in [0.1, 0.15) is 0 Å². The first-order chi connectivity index (χ1) is 2.83. The first-order valence-corrected chi connectivity index (χ1v) is 26.7. The van der Waals surface area contributed by atoms with Crippen LogP contribution in [0.3, 0.4) is 0 Å². The molecule has 0 saturated heterocycles. The van der Waals surface area contributed by atoms with Crippen LogP contribution in [0, 0.1) is 0 Å². The van der Waals surface area contributed by atoms with Gasteiger partial charge in [0.05, 0.1) is 0 Å². The van der Waals surface area contributed by atoms with Gasteiger partial charge < -0.3 is 0 Å². The Bertz CT molecular complexity index is 876. The third-order valence-electron chi connectivity index (χ3n) is 0. The van der Waals surface area contributed by atoms with Crippen LogP contribution in [0.4, 0.5) is 0 Å². The van der Waals surface area contributed by atoms with E-state index in [4.69, 9.17) is 0 Å². The van der Waals surface area contributed by atoms with Crippen molar-refractivity contribution < 1.29 is -3.74 Å². The molecule has 0 nitrogen and oxygen atoms in total. The maximum absolute atomic E-state index is 6.58. The third kappa shape index (κ3) is 127. The number of rotatable bonds is 0. The fraction of sp³-hybridized carbons (Fsp3) is 0. The normalized spacial score (nSPS) is 30.2. The fourth-order valence-electron chi connectivity index (χ4n) is 0. The van der Waals surface area contributed by atoms with Crippen molar-refractivity contribution in [2.45, 2.75) is 0 Å². The summed E-state index contributed by atoms with van der Waals surface area (Å²) in [6.45, 7) is 0. The molecule has 0 bridgehead atoms. The van der Waals surface area contributed by atoms with Gasteiger partial charge in [0, 0.05) is 0 Å². The Kier molecular flexibility index (Phi) is 1.26. The summed E-state index contributed by atoms with van der Waals surface area (Å²) in [6, 6.07) is 0. The van der Waals surface area contributed by atoms with Crippen molar-refractivity contribution in [1.82, 2.24) is 0 Å². The van der Waals surface area contributed by atoms with Crippen LogP contribution < -0.4 is 0 Å². The van der Waals surface area contributed by atoms with E-state index < -0.39 is -3.74 Å². The van der Waals surface area contributed by atoms with Crippen molar-refractivity contribution in [2.75, 3.05) is 0 Å². The first kappa shape index (κ1) is 11.4. The summed E-state index contributed by atoms with van der Waals surface area (Å²) >= 11 is 0. The summed E-state index contributed by atoms with van der Waals surface area (Å²) in [5.41, 5.74) is 0. The van der Waals surface area contributed by atoms with Crippen molar-refractivity contribution in [3.8, 4) is 0 Å². The summed E-state index contributed by atoms with van der Waals surface area (Å²) in [4.78, 5) is 0. The van der Waals surface area contributed by atoms with Gasteiger partial charge in [-0.3, -0.25) is 0 Å². The van der Waals surface area contributed by atoms with Crippen LogP contribution in [-0.4, -0.2) is 0 Å². The van der Waals surface area contributed by atoms with Gasteiger partial charge in [-0.05, 0) is 0 Å². The molecule has 0 aliphatic rings. The summed E-state index contributed by atoms with van der Waals surface area (Å²) in [7, 11) is 36.2. The van der Waals surface area contributed by atoms with E-state index in [9.17, 15) is 0 Å². The molecule has 57 valence electrons. The number of hydrogen-bond donors (Lipinski definition) is 0. The summed E-state index contributed by atoms with van der Waals surface area (Å²) in [5.74, 6) is 0. The Labute approximate surface area is 74.6 Å². The fourth-order valence-corrected chi connectivity index (χ4v) is 0. The Morgan fingerprint density at radius 3 is 0.444 bits per heavy atom. The monoisotopic (exact) mass is 449 g/mol. The van der Waals surface area contributed by atoms with Gasteiger partial charge in [-0.15, -0.1) is 0 Å². The summed E-state index contributed by atoms with van der Waals surface area (Å²) in [6.07, 6.45) is 0. The zero-order chi connectivity index (χ0) is 8.35. The van der Waals surface area contributed by atoms with Crippen LogP contribution in [0.5, 0.6) is 0 Å². The molecular weight excluding hydrogens is 449 g/mol. The topological polar surface area (TPSA) is 0 Å². The molecule has 9 heavy (non-hydrogen) atoms.